The number of amides is 2. The molecule has 0 saturated carbocycles. The minimum atomic E-state index is 0.124. The van der Waals surface area contributed by atoms with Gasteiger partial charge in [-0.1, -0.05) is 25.1 Å². The lowest BCUT2D eigenvalue weighted by Gasteiger charge is -2.34. The van der Waals surface area contributed by atoms with Gasteiger partial charge in [-0.05, 0) is 31.4 Å². The fraction of sp³-hybridized carbons (Fsp3) is 0.579. The largest absolute Gasteiger partial charge is 0.341 e. The van der Waals surface area contributed by atoms with Crippen molar-refractivity contribution in [3.63, 3.8) is 0 Å². The summed E-state index contributed by atoms with van der Waals surface area (Å²) in [6, 6.07) is 10.2. The fourth-order valence-corrected chi connectivity index (χ4v) is 3.72. The molecule has 0 bridgehead atoms. The van der Waals surface area contributed by atoms with Crippen molar-refractivity contribution in [3.05, 3.63) is 35.9 Å². The number of hydrogen-bond donors (Lipinski definition) is 1. The van der Waals surface area contributed by atoms with Crippen molar-refractivity contribution in [2.45, 2.75) is 44.7 Å². The second-order valence-corrected chi connectivity index (χ2v) is 6.84. The minimum Gasteiger partial charge on any atom is -0.341 e. The summed E-state index contributed by atoms with van der Waals surface area (Å²) in [7, 11) is 0. The number of piperidine rings is 1. The van der Waals surface area contributed by atoms with Gasteiger partial charge in [0.2, 0.25) is 5.91 Å². The Morgan fingerprint density at radius 1 is 1.17 bits per heavy atom. The first kappa shape index (κ1) is 17.0. The summed E-state index contributed by atoms with van der Waals surface area (Å²) in [6.07, 6.45) is 3.54. The fourth-order valence-electron chi connectivity index (χ4n) is 3.72. The molecule has 2 amide bonds. The SMILES string of the molecule is CCCN1C[C@@H](NC2CCN(C(=O)c3ccccc3)CC2)CC1=O. The van der Waals surface area contributed by atoms with Crippen LogP contribution in [0.25, 0.3) is 0 Å². The molecule has 0 aromatic heterocycles. The first-order valence-corrected chi connectivity index (χ1v) is 9.05. The summed E-state index contributed by atoms with van der Waals surface area (Å²) in [4.78, 5) is 28.3. The van der Waals surface area contributed by atoms with Crippen LogP contribution in [0.5, 0.6) is 0 Å². The molecular formula is C19H27N3O2. The van der Waals surface area contributed by atoms with Crippen LogP contribution in [-0.4, -0.2) is 59.9 Å². The van der Waals surface area contributed by atoms with Crippen LogP contribution in [0, 0.1) is 0 Å². The quantitative estimate of drug-likeness (QED) is 0.897. The number of nitrogens with zero attached hydrogens (tertiary/aromatic N) is 2. The summed E-state index contributed by atoms with van der Waals surface area (Å²) in [5.41, 5.74) is 0.764. The van der Waals surface area contributed by atoms with E-state index in [1.54, 1.807) is 0 Å². The first-order chi connectivity index (χ1) is 11.7. The highest BCUT2D eigenvalue weighted by atomic mass is 16.2. The molecule has 5 heteroatoms. The highest BCUT2D eigenvalue weighted by molar-refractivity contribution is 5.94. The van der Waals surface area contributed by atoms with Crippen LogP contribution >= 0.6 is 0 Å². The molecule has 2 aliphatic heterocycles. The summed E-state index contributed by atoms with van der Waals surface area (Å²) in [5, 5.41) is 3.64. The van der Waals surface area contributed by atoms with Crippen molar-refractivity contribution in [2.24, 2.45) is 0 Å². The number of carbonyl (C=O) groups is 2. The van der Waals surface area contributed by atoms with Crippen LogP contribution < -0.4 is 5.32 Å². The molecule has 24 heavy (non-hydrogen) atoms. The van der Waals surface area contributed by atoms with Crippen LogP contribution in [-0.2, 0) is 4.79 Å². The predicted octanol–water partition coefficient (Wildman–Crippen LogP) is 1.89. The lowest BCUT2D eigenvalue weighted by Crippen LogP contribution is -2.48. The molecule has 1 aromatic carbocycles. The van der Waals surface area contributed by atoms with Gasteiger partial charge in [0.25, 0.3) is 5.91 Å². The van der Waals surface area contributed by atoms with E-state index in [2.05, 4.69) is 12.2 Å². The molecule has 1 atom stereocenters. The van der Waals surface area contributed by atoms with Gasteiger partial charge in [0.05, 0.1) is 0 Å². The molecule has 2 aliphatic rings. The van der Waals surface area contributed by atoms with E-state index in [1.165, 1.54) is 0 Å². The average molecular weight is 329 g/mol. The molecule has 2 saturated heterocycles. The molecular weight excluding hydrogens is 302 g/mol. The molecule has 3 rings (SSSR count). The second kappa shape index (κ2) is 7.79. The summed E-state index contributed by atoms with van der Waals surface area (Å²) < 4.78 is 0. The van der Waals surface area contributed by atoms with Gasteiger partial charge in [-0.15, -0.1) is 0 Å². The zero-order valence-electron chi connectivity index (χ0n) is 14.4. The Bertz CT molecular complexity index is 567. The number of nitrogens with one attached hydrogen (secondary N) is 1. The van der Waals surface area contributed by atoms with Crippen molar-refractivity contribution in [1.82, 2.24) is 15.1 Å². The monoisotopic (exact) mass is 329 g/mol. The standard InChI is InChI=1S/C19H27N3O2/c1-2-10-22-14-17(13-18(22)23)20-16-8-11-21(12-9-16)19(24)15-6-4-3-5-7-15/h3-7,16-17,20H,2,8-14H2,1H3/t17-/m0/s1. The Morgan fingerprint density at radius 2 is 1.88 bits per heavy atom. The molecule has 130 valence electrons. The van der Waals surface area contributed by atoms with E-state index >= 15 is 0 Å². The predicted molar refractivity (Wildman–Crippen MR) is 93.8 cm³/mol. The van der Waals surface area contributed by atoms with Gasteiger partial charge in [0.1, 0.15) is 0 Å². The first-order valence-electron chi connectivity index (χ1n) is 9.05. The molecule has 0 unspecified atom stereocenters. The van der Waals surface area contributed by atoms with Gasteiger partial charge in [-0.3, -0.25) is 9.59 Å². The molecule has 0 aliphatic carbocycles. The maximum absolute atomic E-state index is 12.5. The van der Waals surface area contributed by atoms with E-state index in [9.17, 15) is 9.59 Å². The molecule has 1 N–H and O–H groups in total. The Kier molecular flexibility index (Phi) is 5.51. The zero-order valence-corrected chi connectivity index (χ0v) is 14.4. The molecule has 1 aromatic rings. The Labute approximate surface area is 144 Å². The van der Waals surface area contributed by atoms with Gasteiger partial charge in [0, 0.05) is 50.2 Å². The lowest BCUT2D eigenvalue weighted by atomic mass is 10.0. The van der Waals surface area contributed by atoms with Crippen molar-refractivity contribution in [3.8, 4) is 0 Å². The highest BCUT2D eigenvalue weighted by Gasteiger charge is 2.31. The van der Waals surface area contributed by atoms with E-state index in [0.29, 0.717) is 12.5 Å². The smallest absolute Gasteiger partial charge is 0.253 e. The molecule has 0 spiro atoms. The van der Waals surface area contributed by atoms with Crippen LogP contribution in [0.3, 0.4) is 0 Å². The normalized spacial score (nSPS) is 22.2. The Balaban J connectivity index is 1.46. The van der Waals surface area contributed by atoms with Crippen LogP contribution in [0.1, 0.15) is 43.0 Å². The number of hydrogen-bond acceptors (Lipinski definition) is 3. The highest BCUT2D eigenvalue weighted by Crippen LogP contribution is 2.17. The summed E-state index contributed by atoms with van der Waals surface area (Å²) in [5.74, 6) is 0.394. The van der Waals surface area contributed by atoms with E-state index < -0.39 is 0 Å². The van der Waals surface area contributed by atoms with E-state index in [0.717, 1.165) is 51.0 Å². The Morgan fingerprint density at radius 3 is 2.54 bits per heavy atom. The third kappa shape index (κ3) is 3.96. The third-order valence-corrected chi connectivity index (χ3v) is 4.98. The van der Waals surface area contributed by atoms with Crippen molar-refractivity contribution >= 4 is 11.8 Å². The topological polar surface area (TPSA) is 52.6 Å². The third-order valence-electron chi connectivity index (χ3n) is 4.98. The van der Waals surface area contributed by atoms with Gasteiger partial charge in [0.15, 0.2) is 0 Å². The average Bonchev–Trinajstić information content (AvgIpc) is 2.95. The number of rotatable bonds is 5. The zero-order chi connectivity index (χ0) is 16.9. The molecule has 2 heterocycles. The molecule has 2 fully saturated rings. The van der Waals surface area contributed by atoms with Crippen molar-refractivity contribution < 1.29 is 9.59 Å². The summed E-state index contributed by atoms with van der Waals surface area (Å²) in [6.45, 7) is 5.36. The minimum absolute atomic E-state index is 0.124. The maximum Gasteiger partial charge on any atom is 0.253 e. The van der Waals surface area contributed by atoms with E-state index in [4.69, 9.17) is 0 Å². The lowest BCUT2D eigenvalue weighted by molar-refractivity contribution is -0.127. The van der Waals surface area contributed by atoms with Gasteiger partial charge in [-0.2, -0.15) is 0 Å². The van der Waals surface area contributed by atoms with Crippen molar-refractivity contribution in [1.29, 1.82) is 0 Å². The van der Waals surface area contributed by atoms with Crippen LogP contribution in [0.2, 0.25) is 0 Å². The van der Waals surface area contributed by atoms with Gasteiger partial charge in [-0.25, -0.2) is 0 Å². The van der Waals surface area contributed by atoms with Gasteiger partial charge >= 0.3 is 0 Å². The van der Waals surface area contributed by atoms with E-state index in [-0.39, 0.29) is 17.9 Å². The number of carbonyl (C=O) groups excluding carboxylic acids is 2. The number of benzene rings is 1. The number of likely N-dealkylation sites (tertiary alicyclic amines) is 2. The summed E-state index contributed by atoms with van der Waals surface area (Å²) >= 11 is 0. The van der Waals surface area contributed by atoms with Crippen molar-refractivity contribution in [2.75, 3.05) is 26.2 Å². The second-order valence-electron chi connectivity index (χ2n) is 6.84. The van der Waals surface area contributed by atoms with Gasteiger partial charge < -0.3 is 15.1 Å². The van der Waals surface area contributed by atoms with E-state index in [1.807, 2.05) is 40.1 Å². The molecule has 0 radical (unpaired) electrons. The maximum atomic E-state index is 12.5. The van der Waals surface area contributed by atoms with Crippen LogP contribution in [0.4, 0.5) is 0 Å². The molecule has 5 nitrogen and oxygen atoms in total. The Hall–Kier alpha value is -1.88. The van der Waals surface area contributed by atoms with Crippen LogP contribution in [0.15, 0.2) is 30.3 Å².